The number of benzene rings is 2. The third-order valence-corrected chi connectivity index (χ3v) is 4.94. The Hall–Kier alpha value is -1.79. The molecule has 0 radical (unpaired) electrons. The molecular formula is C21H28ClN3O2. The molecule has 2 aromatic carbocycles. The summed E-state index contributed by atoms with van der Waals surface area (Å²) in [5.74, 6) is 1.25. The molecule has 1 aliphatic rings. The summed E-state index contributed by atoms with van der Waals surface area (Å²) in [5.41, 5.74) is 2.18. The van der Waals surface area contributed by atoms with Crippen molar-refractivity contribution in [3.05, 3.63) is 58.6 Å². The van der Waals surface area contributed by atoms with Gasteiger partial charge in [-0.3, -0.25) is 4.90 Å². The molecule has 2 N–H and O–H groups in total. The Balaban J connectivity index is 1.53. The van der Waals surface area contributed by atoms with Crippen LogP contribution in [0.2, 0.25) is 5.02 Å². The third-order valence-electron chi connectivity index (χ3n) is 4.66. The van der Waals surface area contributed by atoms with Gasteiger partial charge in [0.05, 0.1) is 12.1 Å². The molecular weight excluding hydrogens is 362 g/mol. The Labute approximate surface area is 166 Å². The molecule has 6 heteroatoms. The van der Waals surface area contributed by atoms with E-state index in [0.717, 1.165) is 56.9 Å². The molecule has 1 saturated heterocycles. The van der Waals surface area contributed by atoms with Gasteiger partial charge in [-0.25, -0.2) is 0 Å². The zero-order valence-corrected chi connectivity index (χ0v) is 16.6. The molecule has 0 aromatic heterocycles. The summed E-state index contributed by atoms with van der Waals surface area (Å²) in [6.07, 6.45) is 0. The SMILES string of the molecule is COc1cc(CNCCN2CCNCC2)cc(Cl)c1OCc1ccccc1. The van der Waals surface area contributed by atoms with E-state index in [1.54, 1.807) is 7.11 Å². The first-order valence-corrected chi connectivity index (χ1v) is 9.81. The Kier molecular flexibility index (Phi) is 7.78. The number of hydrogen-bond donors (Lipinski definition) is 2. The smallest absolute Gasteiger partial charge is 0.180 e. The van der Waals surface area contributed by atoms with Gasteiger partial charge in [0.2, 0.25) is 0 Å². The van der Waals surface area contributed by atoms with Gasteiger partial charge < -0.3 is 20.1 Å². The number of rotatable bonds is 9. The minimum atomic E-state index is 0.458. The highest BCUT2D eigenvalue weighted by Gasteiger charge is 2.13. The molecule has 3 rings (SSSR count). The van der Waals surface area contributed by atoms with Gasteiger partial charge >= 0.3 is 0 Å². The van der Waals surface area contributed by atoms with Crippen molar-refractivity contribution in [1.82, 2.24) is 15.5 Å². The lowest BCUT2D eigenvalue weighted by Gasteiger charge is -2.27. The van der Waals surface area contributed by atoms with Crippen LogP contribution in [0.15, 0.2) is 42.5 Å². The summed E-state index contributed by atoms with van der Waals surface area (Å²) in [6, 6.07) is 14.0. The number of nitrogens with one attached hydrogen (secondary N) is 2. The van der Waals surface area contributed by atoms with E-state index in [-0.39, 0.29) is 0 Å². The standard InChI is InChI=1S/C21H28ClN3O2/c1-26-20-14-18(15-24-9-12-25-10-7-23-8-11-25)13-19(22)21(20)27-16-17-5-3-2-4-6-17/h2-6,13-14,23-24H,7-12,15-16H2,1H3. The minimum absolute atomic E-state index is 0.458. The number of ether oxygens (including phenoxy) is 2. The van der Waals surface area contributed by atoms with Gasteiger partial charge in [-0.1, -0.05) is 41.9 Å². The topological polar surface area (TPSA) is 45.8 Å². The van der Waals surface area contributed by atoms with Crippen LogP contribution in [-0.4, -0.2) is 51.3 Å². The molecule has 0 aliphatic carbocycles. The fourth-order valence-corrected chi connectivity index (χ4v) is 3.44. The maximum absolute atomic E-state index is 6.47. The van der Waals surface area contributed by atoms with Gasteiger partial charge in [-0.15, -0.1) is 0 Å². The first-order chi connectivity index (χ1) is 13.3. The van der Waals surface area contributed by atoms with E-state index in [1.165, 1.54) is 0 Å². The van der Waals surface area contributed by atoms with Crippen molar-refractivity contribution in [3.8, 4) is 11.5 Å². The minimum Gasteiger partial charge on any atom is -0.493 e. The summed E-state index contributed by atoms with van der Waals surface area (Å²) in [7, 11) is 1.64. The van der Waals surface area contributed by atoms with E-state index in [0.29, 0.717) is 23.1 Å². The maximum atomic E-state index is 6.47. The Morgan fingerprint density at radius 1 is 1.11 bits per heavy atom. The molecule has 2 aromatic rings. The molecule has 5 nitrogen and oxygen atoms in total. The molecule has 1 fully saturated rings. The van der Waals surface area contributed by atoms with E-state index in [1.807, 2.05) is 42.5 Å². The van der Waals surface area contributed by atoms with Crippen molar-refractivity contribution in [2.45, 2.75) is 13.2 Å². The molecule has 0 amide bonds. The second-order valence-electron chi connectivity index (χ2n) is 6.65. The van der Waals surface area contributed by atoms with Crippen molar-refractivity contribution >= 4 is 11.6 Å². The Morgan fingerprint density at radius 3 is 2.63 bits per heavy atom. The largest absolute Gasteiger partial charge is 0.493 e. The Morgan fingerprint density at radius 2 is 1.89 bits per heavy atom. The van der Waals surface area contributed by atoms with Crippen LogP contribution in [-0.2, 0) is 13.2 Å². The predicted octanol–water partition coefficient (Wildman–Crippen LogP) is 2.92. The lowest BCUT2D eigenvalue weighted by atomic mass is 10.2. The lowest BCUT2D eigenvalue weighted by molar-refractivity contribution is 0.241. The maximum Gasteiger partial charge on any atom is 0.180 e. The van der Waals surface area contributed by atoms with Crippen molar-refractivity contribution in [1.29, 1.82) is 0 Å². The number of hydrogen-bond acceptors (Lipinski definition) is 5. The van der Waals surface area contributed by atoms with E-state index < -0.39 is 0 Å². The van der Waals surface area contributed by atoms with Gasteiger partial charge in [-0.05, 0) is 23.3 Å². The highest BCUT2D eigenvalue weighted by atomic mass is 35.5. The summed E-state index contributed by atoms with van der Waals surface area (Å²) < 4.78 is 11.4. The fraction of sp³-hybridized carbons (Fsp3) is 0.429. The van der Waals surface area contributed by atoms with Gasteiger partial charge in [0.1, 0.15) is 6.61 Å². The number of nitrogens with zero attached hydrogens (tertiary/aromatic N) is 1. The summed E-state index contributed by atoms with van der Waals surface area (Å²) in [5, 5.41) is 7.43. The first kappa shape index (κ1) is 20.0. The molecule has 0 atom stereocenters. The summed E-state index contributed by atoms with van der Waals surface area (Å²) in [4.78, 5) is 2.47. The van der Waals surface area contributed by atoms with Gasteiger partial charge in [0.15, 0.2) is 11.5 Å². The second-order valence-corrected chi connectivity index (χ2v) is 7.06. The summed E-state index contributed by atoms with van der Waals surface area (Å²) in [6.45, 7) is 7.62. The van der Waals surface area contributed by atoms with Gasteiger partial charge in [0.25, 0.3) is 0 Å². The van der Waals surface area contributed by atoms with Crippen molar-refractivity contribution in [2.75, 3.05) is 46.4 Å². The van der Waals surface area contributed by atoms with Gasteiger partial charge in [-0.2, -0.15) is 0 Å². The van der Waals surface area contributed by atoms with Crippen LogP contribution in [0.3, 0.4) is 0 Å². The normalized spacial score (nSPS) is 14.9. The van der Waals surface area contributed by atoms with Crippen molar-refractivity contribution in [3.63, 3.8) is 0 Å². The van der Waals surface area contributed by atoms with Crippen LogP contribution >= 0.6 is 11.6 Å². The monoisotopic (exact) mass is 389 g/mol. The average Bonchev–Trinajstić information content (AvgIpc) is 2.71. The molecule has 0 unspecified atom stereocenters. The van der Waals surface area contributed by atoms with Crippen LogP contribution in [0.4, 0.5) is 0 Å². The average molecular weight is 390 g/mol. The highest BCUT2D eigenvalue weighted by Crippen LogP contribution is 2.37. The van der Waals surface area contributed by atoms with E-state index >= 15 is 0 Å². The number of methoxy groups -OCH3 is 1. The van der Waals surface area contributed by atoms with Crippen LogP contribution < -0.4 is 20.1 Å². The quantitative estimate of drug-likeness (QED) is 0.646. The van der Waals surface area contributed by atoms with Crippen LogP contribution in [0.5, 0.6) is 11.5 Å². The lowest BCUT2D eigenvalue weighted by Crippen LogP contribution is -2.45. The molecule has 0 spiro atoms. The molecule has 1 heterocycles. The molecule has 1 aliphatic heterocycles. The van der Waals surface area contributed by atoms with Gasteiger partial charge in [0, 0.05) is 45.8 Å². The van der Waals surface area contributed by atoms with Crippen LogP contribution in [0.25, 0.3) is 0 Å². The van der Waals surface area contributed by atoms with Crippen LogP contribution in [0, 0.1) is 0 Å². The first-order valence-electron chi connectivity index (χ1n) is 9.43. The molecule has 0 bridgehead atoms. The molecule has 0 saturated carbocycles. The summed E-state index contributed by atoms with van der Waals surface area (Å²) >= 11 is 6.47. The number of piperazine rings is 1. The molecule has 146 valence electrons. The Bertz CT molecular complexity index is 706. The van der Waals surface area contributed by atoms with Crippen molar-refractivity contribution in [2.24, 2.45) is 0 Å². The van der Waals surface area contributed by atoms with E-state index in [9.17, 15) is 0 Å². The third kappa shape index (κ3) is 6.11. The zero-order valence-electron chi connectivity index (χ0n) is 15.8. The molecule has 27 heavy (non-hydrogen) atoms. The fourth-order valence-electron chi connectivity index (χ4n) is 3.15. The van der Waals surface area contributed by atoms with E-state index in [2.05, 4.69) is 15.5 Å². The number of halogens is 1. The van der Waals surface area contributed by atoms with Crippen LogP contribution in [0.1, 0.15) is 11.1 Å². The highest BCUT2D eigenvalue weighted by molar-refractivity contribution is 6.32. The second kappa shape index (κ2) is 10.5. The predicted molar refractivity (Wildman–Crippen MR) is 110 cm³/mol. The van der Waals surface area contributed by atoms with Crippen molar-refractivity contribution < 1.29 is 9.47 Å². The zero-order chi connectivity index (χ0) is 18.9. The van der Waals surface area contributed by atoms with E-state index in [4.69, 9.17) is 21.1 Å².